The quantitative estimate of drug-likeness (QED) is 0.498. The number of hydrogen-bond donors (Lipinski definition) is 2. The number of carbonyl (C=O) groups excluding carboxylic acids is 1. The number of carbonyl (C=O) groups is 1. The summed E-state index contributed by atoms with van der Waals surface area (Å²) in [6, 6.07) is 9.82. The lowest BCUT2D eigenvalue weighted by atomic mass is 10.2. The molecule has 2 N–H and O–H groups in total. The topological polar surface area (TPSA) is 114 Å². The van der Waals surface area contributed by atoms with Crippen LogP contribution in [0.1, 0.15) is 15.9 Å². The Morgan fingerprint density at radius 1 is 1.35 bits per heavy atom. The van der Waals surface area contributed by atoms with Crippen LogP contribution in [0.25, 0.3) is 0 Å². The van der Waals surface area contributed by atoms with Gasteiger partial charge in [-0.1, -0.05) is 6.07 Å². The van der Waals surface area contributed by atoms with Crippen molar-refractivity contribution in [2.45, 2.75) is 0 Å². The molecule has 2 aromatic carbocycles. The Morgan fingerprint density at radius 2 is 2.13 bits per heavy atom. The number of phenolic OH excluding ortho intramolecular Hbond substituents is 1. The molecule has 0 unspecified atom stereocenters. The lowest BCUT2D eigenvalue weighted by Crippen LogP contribution is -2.17. The molecule has 0 heterocycles. The van der Waals surface area contributed by atoms with Crippen molar-refractivity contribution in [1.29, 1.82) is 0 Å². The van der Waals surface area contributed by atoms with Crippen LogP contribution in [0.15, 0.2) is 47.6 Å². The number of ether oxygens (including phenoxy) is 1. The zero-order valence-electron chi connectivity index (χ0n) is 12.1. The van der Waals surface area contributed by atoms with Gasteiger partial charge in [-0.2, -0.15) is 5.10 Å². The minimum atomic E-state index is -0.604. The van der Waals surface area contributed by atoms with Crippen molar-refractivity contribution in [2.24, 2.45) is 5.10 Å². The Balaban J connectivity index is 2.10. The van der Waals surface area contributed by atoms with E-state index in [9.17, 15) is 20.0 Å². The number of aromatic hydroxyl groups is 1. The van der Waals surface area contributed by atoms with Crippen molar-refractivity contribution in [1.82, 2.24) is 5.43 Å². The zero-order chi connectivity index (χ0) is 16.8. The molecule has 0 atom stereocenters. The number of nitro benzene ring substituents is 1. The third-order valence-corrected chi connectivity index (χ3v) is 2.92. The van der Waals surface area contributed by atoms with Gasteiger partial charge in [0.25, 0.3) is 11.6 Å². The molecule has 1 amide bonds. The second-order valence-electron chi connectivity index (χ2n) is 4.43. The molecule has 0 fully saturated rings. The maximum Gasteiger partial charge on any atom is 0.271 e. The molecule has 0 saturated heterocycles. The molecule has 0 spiro atoms. The monoisotopic (exact) mass is 315 g/mol. The average Bonchev–Trinajstić information content (AvgIpc) is 2.56. The fraction of sp³-hybridized carbons (Fsp3) is 0.0667. The van der Waals surface area contributed by atoms with Crippen LogP contribution in [0.5, 0.6) is 11.5 Å². The van der Waals surface area contributed by atoms with Gasteiger partial charge in [-0.15, -0.1) is 0 Å². The number of nitrogens with one attached hydrogen (secondary N) is 1. The van der Waals surface area contributed by atoms with Gasteiger partial charge >= 0.3 is 0 Å². The Morgan fingerprint density at radius 3 is 2.83 bits per heavy atom. The summed E-state index contributed by atoms with van der Waals surface area (Å²) >= 11 is 0. The summed E-state index contributed by atoms with van der Waals surface area (Å²) in [7, 11) is 1.48. The number of non-ortho nitro benzene ring substituents is 1. The molecule has 0 aliphatic carbocycles. The van der Waals surface area contributed by atoms with E-state index in [1.807, 2.05) is 0 Å². The smallest absolute Gasteiger partial charge is 0.271 e. The molecular formula is C15H13N3O5. The standard InChI is InChI=1S/C15H13N3O5/c1-23-13-5-6-14(19)11(8-13)9-16-17-15(20)10-3-2-4-12(7-10)18(21)22/h2-9,19H,1H3,(H,17,20)/b16-9-. The van der Waals surface area contributed by atoms with Gasteiger partial charge in [0.15, 0.2) is 0 Å². The maximum absolute atomic E-state index is 11.9. The molecule has 2 aromatic rings. The molecule has 0 bridgehead atoms. The SMILES string of the molecule is COc1ccc(O)c(/C=N\NC(=O)c2cccc([N+](=O)[O-])c2)c1. The highest BCUT2D eigenvalue weighted by Crippen LogP contribution is 2.21. The average molecular weight is 315 g/mol. The fourth-order valence-corrected chi connectivity index (χ4v) is 1.75. The molecule has 0 aliphatic heterocycles. The van der Waals surface area contributed by atoms with Gasteiger partial charge < -0.3 is 9.84 Å². The summed E-state index contributed by atoms with van der Waals surface area (Å²) in [5.41, 5.74) is 2.50. The third kappa shape index (κ3) is 4.03. The van der Waals surface area contributed by atoms with E-state index < -0.39 is 10.8 Å². The van der Waals surface area contributed by atoms with Crippen molar-refractivity contribution >= 4 is 17.8 Å². The lowest BCUT2D eigenvalue weighted by molar-refractivity contribution is -0.384. The van der Waals surface area contributed by atoms with Crippen LogP contribution in [0.2, 0.25) is 0 Å². The van der Waals surface area contributed by atoms with Gasteiger partial charge in [0.05, 0.1) is 18.2 Å². The first-order valence-electron chi connectivity index (χ1n) is 6.46. The number of methoxy groups -OCH3 is 1. The van der Waals surface area contributed by atoms with E-state index in [1.165, 1.54) is 37.6 Å². The molecule has 2 rings (SSSR count). The molecule has 0 aromatic heterocycles. The van der Waals surface area contributed by atoms with Crippen LogP contribution in [-0.2, 0) is 0 Å². The predicted molar refractivity (Wildman–Crippen MR) is 82.8 cm³/mol. The molecule has 0 saturated carbocycles. The van der Waals surface area contributed by atoms with Crippen molar-refractivity contribution in [3.05, 3.63) is 63.7 Å². The fourth-order valence-electron chi connectivity index (χ4n) is 1.75. The van der Waals surface area contributed by atoms with E-state index in [0.717, 1.165) is 6.07 Å². The molecule has 0 radical (unpaired) electrons. The van der Waals surface area contributed by atoms with Crippen LogP contribution >= 0.6 is 0 Å². The van der Waals surface area contributed by atoms with Crippen molar-refractivity contribution < 1.29 is 19.6 Å². The van der Waals surface area contributed by atoms with Gasteiger partial charge in [0, 0.05) is 23.3 Å². The number of benzene rings is 2. The highest BCUT2D eigenvalue weighted by atomic mass is 16.6. The van der Waals surface area contributed by atoms with Crippen LogP contribution in [0.4, 0.5) is 5.69 Å². The second kappa shape index (κ2) is 7.03. The number of hydrazone groups is 1. The number of hydrogen-bond acceptors (Lipinski definition) is 6. The molecule has 118 valence electrons. The van der Waals surface area contributed by atoms with Crippen LogP contribution in [0.3, 0.4) is 0 Å². The summed E-state index contributed by atoms with van der Waals surface area (Å²) in [4.78, 5) is 22.0. The molecule has 23 heavy (non-hydrogen) atoms. The second-order valence-corrected chi connectivity index (χ2v) is 4.43. The summed E-state index contributed by atoms with van der Waals surface area (Å²) in [5.74, 6) is -0.110. The van der Waals surface area contributed by atoms with E-state index in [2.05, 4.69) is 10.5 Å². The van der Waals surface area contributed by atoms with E-state index in [0.29, 0.717) is 11.3 Å². The van der Waals surface area contributed by atoms with E-state index in [1.54, 1.807) is 12.1 Å². The first-order chi connectivity index (χ1) is 11.0. The van der Waals surface area contributed by atoms with E-state index >= 15 is 0 Å². The first kappa shape index (κ1) is 16.0. The van der Waals surface area contributed by atoms with Gasteiger partial charge in [-0.3, -0.25) is 14.9 Å². The van der Waals surface area contributed by atoms with Gasteiger partial charge in [0.1, 0.15) is 11.5 Å². The lowest BCUT2D eigenvalue weighted by Gasteiger charge is -2.03. The molecule has 0 aliphatic rings. The number of rotatable bonds is 5. The Bertz CT molecular complexity index is 773. The largest absolute Gasteiger partial charge is 0.507 e. The molecular weight excluding hydrogens is 302 g/mol. The van der Waals surface area contributed by atoms with E-state index in [-0.39, 0.29) is 17.0 Å². The number of nitrogens with zero attached hydrogens (tertiary/aromatic N) is 2. The number of phenols is 1. The van der Waals surface area contributed by atoms with Crippen molar-refractivity contribution in [3.8, 4) is 11.5 Å². The van der Waals surface area contributed by atoms with Gasteiger partial charge in [0.2, 0.25) is 0 Å². The van der Waals surface area contributed by atoms with E-state index in [4.69, 9.17) is 4.74 Å². The highest BCUT2D eigenvalue weighted by molar-refractivity contribution is 5.95. The minimum Gasteiger partial charge on any atom is -0.507 e. The zero-order valence-corrected chi connectivity index (χ0v) is 12.1. The highest BCUT2D eigenvalue weighted by Gasteiger charge is 2.10. The normalized spacial score (nSPS) is 10.5. The summed E-state index contributed by atoms with van der Waals surface area (Å²) < 4.78 is 5.02. The Hall–Kier alpha value is -3.42. The minimum absolute atomic E-state index is 0.0286. The van der Waals surface area contributed by atoms with Crippen LogP contribution in [0, 0.1) is 10.1 Å². The summed E-state index contributed by atoms with van der Waals surface area (Å²) in [6.45, 7) is 0. The van der Waals surface area contributed by atoms with Crippen molar-refractivity contribution in [3.63, 3.8) is 0 Å². The third-order valence-electron chi connectivity index (χ3n) is 2.92. The summed E-state index contributed by atoms with van der Waals surface area (Å²) in [6.07, 6.45) is 1.24. The summed E-state index contributed by atoms with van der Waals surface area (Å²) in [5, 5.41) is 24.1. The van der Waals surface area contributed by atoms with Gasteiger partial charge in [-0.05, 0) is 24.3 Å². The van der Waals surface area contributed by atoms with Crippen LogP contribution < -0.4 is 10.2 Å². The molecule has 8 heteroatoms. The Labute approximate surface area is 131 Å². The predicted octanol–water partition coefficient (Wildman–Crippen LogP) is 2.07. The Kier molecular flexibility index (Phi) is 4.88. The van der Waals surface area contributed by atoms with Gasteiger partial charge in [-0.25, -0.2) is 5.43 Å². The first-order valence-corrected chi connectivity index (χ1v) is 6.46. The number of nitro groups is 1. The number of amides is 1. The molecule has 8 nitrogen and oxygen atoms in total. The van der Waals surface area contributed by atoms with Crippen molar-refractivity contribution in [2.75, 3.05) is 7.11 Å². The maximum atomic E-state index is 11.9. The van der Waals surface area contributed by atoms with Crippen LogP contribution in [-0.4, -0.2) is 29.3 Å².